The predicted molar refractivity (Wildman–Crippen MR) is 159 cm³/mol. The molecular weight excluding hydrogens is 474 g/mol. The molecule has 1 heterocycles. The van der Waals surface area contributed by atoms with Crippen molar-refractivity contribution in [2.45, 2.75) is 79.1 Å². The second kappa shape index (κ2) is 12.5. The zero-order chi connectivity index (χ0) is 28.0. The number of hydrogen-bond donors (Lipinski definition) is 1. The van der Waals surface area contributed by atoms with Gasteiger partial charge in [-0.2, -0.15) is 0 Å². The molecule has 0 amide bonds. The Morgan fingerprint density at radius 2 is 1.58 bits per heavy atom. The Balaban J connectivity index is 2.17. The molecule has 0 saturated heterocycles. The number of anilines is 2. The fourth-order valence-corrected chi connectivity index (χ4v) is 4.71. The molecule has 0 spiro atoms. The predicted octanol–water partition coefficient (Wildman–Crippen LogP) is 7.54. The highest BCUT2D eigenvalue weighted by Crippen LogP contribution is 2.33. The normalized spacial score (nSPS) is 14.2. The van der Waals surface area contributed by atoms with Crippen LogP contribution in [0.2, 0.25) is 0 Å². The number of cyclic esters (lactones) is 1. The molecule has 0 aromatic heterocycles. The topological polar surface area (TPSA) is 65.4 Å². The van der Waals surface area contributed by atoms with Crippen LogP contribution in [0.1, 0.15) is 76.5 Å². The average Bonchev–Trinajstić information content (AvgIpc) is 3.19. The van der Waals surface area contributed by atoms with Gasteiger partial charge in [0.2, 0.25) is 0 Å². The van der Waals surface area contributed by atoms with Crippen LogP contribution in [0.4, 0.5) is 17.1 Å². The Bertz CT molecular complexity index is 1160. The molecule has 0 atom stereocenters. The average molecular weight is 520 g/mol. The maximum atomic E-state index is 12.9. The Morgan fingerprint density at radius 1 is 0.974 bits per heavy atom. The van der Waals surface area contributed by atoms with Gasteiger partial charge in [-0.15, -0.1) is 0 Å². The van der Waals surface area contributed by atoms with Crippen LogP contribution in [0.25, 0.3) is 0 Å². The number of aryl methyl sites for hydroxylation is 2. The summed E-state index contributed by atoms with van der Waals surface area (Å²) in [6, 6.07) is 12.7. The van der Waals surface area contributed by atoms with Crippen LogP contribution in [-0.4, -0.2) is 44.2 Å². The summed E-state index contributed by atoms with van der Waals surface area (Å²) in [4.78, 5) is 22.2. The number of rotatable bonds is 10. The van der Waals surface area contributed by atoms with Crippen LogP contribution >= 0.6 is 0 Å². The van der Waals surface area contributed by atoms with Gasteiger partial charge in [-0.25, -0.2) is 9.79 Å². The van der Waals surface area contributed by atoms with Crippen molar-refractivity contribution in [1.82, 2.24) is 0 Å². The first-order valence-electron chi connectivity index (χ1n) is 13.8. The maximum Gasteiger partial charge on any atom is 0.345 e. The molecule has 2 aromatic rings. The second-order valence-corrected chi connectivity index (χ2v) is 11.5. The van der Waals surface area contributed by atoms with Crippen molar-refractivity contribution in [2.24, 2.45) is 4.99 Å². The van der Waals surface area contributed by atoms with Crippen molar-refractivity contribution in [3.8, 4) is 0 Å². The number of nitrogens with zero attached hydrogens (tertiary/aromatic N) is 3. The summed E-state index contributed by atoms with van der Waals surface area (Å²) in [5.41, 5.74) is 6.24. The van der Waals surface area contributed by atoms with Gasteiger partial charge in [-0.3, -0.25) is 0 Å². The molecule has 3 rings (SSSR count). The third-order valence-corrected chi connectivity index (χ3v) is 7.05. The van der Waals surface area contributed by atoms with E-state index in [1.165, 1.54) is 24.8 Å². The molecule has 2 aromatic carbocycles. The van der Waals surface area contributed by atoms with Crippen molar-refractivity contribution in [3.63, 3.8) is 0 Å². The second-order valence-electron chi connectivity index (χ2n) is 11.5. The van der Waals surface area contributed by atoms with Crippen LogP contribution in [-0.2, 0) is 14.9 Å². The van der Waals surface area contributed by atoms with Gasteiger partial charge in [-0.1, -0.05) is 65.5 Å². The largest absolute Gasteiger partial charge is 0.508 e. The molecule has 6 nitrogen and oxygen atoms in total. The summed E-state index contributed by atoms with van der Waals surface area (Å²) in [6.07, 6.45) is 5.58. The molecule has 1 aliphatic heterocycles. The lowest BCUT2D eigenvalue weighted by Crippen LogP contribution is -2.35. The molecule has 1 N–H and O–H groups in total. The van der Waals surface area contributed by atoms with Gasteiger partial charge in [0.1, 0.15) is 17.9 Å². The summed E-state index contributed by atoms with van der Waals surface area (Å²) >= 11 is 0. The Kier molecular flexibility index (Phi) is 9.64. The highest BCUT2D eigenvalue weighted by molar-refractivity contribution is 6.26. The number of benzene rings is 2. The zero-order valence-electron chi connectivity index (χ0n) is 24.5. The standard InChI is InChI=1S/C32H45N3O3/c1-9-10-11-12-13-18-35(25-16-14-24(15-17-25)32(4,5)6)30(28-27(36)21-38-31(28)37)33-29-22(2)19-26(34(7)8)20-23(29)3/h14-17,19-20,36H,9-13,18,21H2,1-8H3. The first kappa shape index (κ1) is 29.3. The van der Waals surface area contributed by atoms with E-state index in [1.807, 2.05) is 27.9 Å². The van der Waals surface area contributed by atoms with Crippen LogP contribution in [0, 0.1) is 13.8 Å². The van der Waals surface area contributed by atoms with E-state index < -0.39 is 5.97 Å². The van der Waals surface area contributed by atoms with E-state index in [-0.39, 0.29) is 23.4 Å². The number of hydrogen-bond acceptors (Lipinski definition) is 5. The zero-order valence-corrected chi connectivity index (χ0v) is 24.5. The third kappa shape index (κ3) is 6.97. The third-order valence-electron chi connectivity index (χ3n) is 7.05. The highest BCUT2D eigenvalue weighted by atomic mass is 16.5. The SMILES string of the molecule is CCCCCCCN(C(=Nc1c(C)cc(N(C)C)cc1C)C1=C(O)COC1=O)c1ccc(C(C)(C)C)cc1. The molecule has 0 bridgehead atoms. The number of amidine groups is 1. The van der Waals surface area contributed by atoms with Crippen LogP contribution in [0.3, 0.4) is 0 Å². The molecule has 0 saturated carbocycles. The minimum Gasteiger partial charge on any atom is -0.508 e. The Labute approximate surface area is 229 Å². The summed E-state index contributed by atoms with van der Waals surface area (Å²) in [5, 5.41) is 10.8. The van der Waals surface area contributed by atoms with E-state index in [9.17, 15) is 9.90 Å². The summed E-state index contributed by atoms with van der Waals surface area (Å²) < 4.78 is 5.24. The number of unbranched alkanes of at least 4 members (excludes halogenated alkanes) is 4. The summed E-state index contributed by atoms with van der Waals surface area (Å²) in [7, 11) is 4.03. The van der Waals surface area contributed by atoms with Crippen molar-refractivity contribution < 1.29 is 14.6 Å². The minimum atomic E-state index is -0.538. The molecule has 1 aliphatic rings. The van der Waals surface area contributed by atoms with Gasteiger partial charge in [0.05, 0.1) is 5.69 Å². The number of ether oxygens (including phenoxy) is 1. The molecule has 0 unspecified atom stereocenters. The van der Waals surface area contributed by atoms with Gasteiger partial charge in [0.25, 0.3) is 0 Å². The molecular formula is C32H45N3O3. The lowest BCUT2D eigenvalue weighted by atomic mass is 9.87. The highest BCUT2D eigenvalue weighted by Gasteiger charge is 2.33. The molecule has 6 heteroatoms. The monoisotopic (exact) mass is 519 g/mol. The smallest absolute Gasteiger partial charge is 0.345 e. The van der Waals surface area contributed by atoms with E-state index in [2.05, 4.69) is 73.9 Å². The fourth-order valence-electron chi connectivity index (χ4n) is 4.71. The van der Waals surface area contributed by atoms with E-state index in [1.54, 1.807) is 0 Å². The van der Waals surface area contributed by atoms with Crippen LogP contribution < -0.4 is 9.80 Å². The van der Waals surface area contributed by atoms with Gasteiger partial charge >= 0.3 is 5.97 Å². The molecule has 0 aliphatic carbocycles. The van der Waals surface area contributed by atoms with Gasteiger partial charge in [-0.05, 0) is 66.6 Å². The number of aliphatic hydroxyl groups excluding tert-OH is 1. The first-order chi connectivity index (χ1) is 17.9. The van der Waals surface area contributed by atoms with Crippen molar-refractivity contribution in [3.05, 3.63) is 64.4 Å². The van der Waals surface area contributed by atoms with Crippen molar-refractivity contribution in [2.75, 3.05) is 37.0 Å². The lowest BCUT2D eigenvalue weighted by molar-refractivity contribution is -0.135. The van der Waals surface area contributed by atoms with Gasteiger partial charge < -0.3 is 19.6 Å². The van der Waals surface area contributed by atoms with Crippen molar-refractivity contribution >= 4 is 28.9 Å². The fraction of sp³-hybridized carbons (Fsp3) is 0.500. The van der Waals surface area contributed by atoms with Gasteiger partial charge in [0, 0.05) is 32.0 Å². The number of aliphatic imine (C=N–C) groups is 1. The quantitative estimate of drug-likeness (QED) is 0.152. The molecule has 0 fully saturated rings. The summed E-state index contributed by atoms with van der Waals surface area (Å²) in [6.45, 7) is 13.4. The molecule has 38 heavy (non-hydrogen) atoms. The Hall–Kier alpha value is -3.28. The number of carbonyl (C=O) groups is 1. The molecule has 0 radical (unpaired) electrons. The summed E-state index contributed by atoms with van der Waals surface area (Å²) in [5.74, 6) is -0.173. The Morgan fingerprint density at radius 3 is 2.08 bits per heavy atom. The number of aliphatic hydroxyl groups is 1. The maximum absolute atomic E-state index is 12.9. The van der Waals surface area contributed by atoms with Gasteiger partial charge in [0.15, 0.2) is 5.84 Å². The number of esters is 1. The minimum absolute atomic E-state index is 0.0267. The lowest BCUT2D eigenvalue weighted by Gasteiger charge is -2.28. The first-order valence-corrected chi connectivity index (χ1v) is 13.8. The van der Waals surface area contributed by atoms with E-state index >= 15 is 0 Å². The van der Waals surface area contributed by atoms with E-state index in [0.29, 0.717) is 12.4 Å². The van der Waals surface area contributed by atoms with Crippen molar-refractivity contribution in [1.29, 1.82) is 0 Å². The van der Waals surface area contributed by atoms with Crippen LogP contribution in [0.15, 0.2) is 52.7 Å². The van der Waals surface area contributed by atoms with Crippen LogP contribution in [0.5, 0.6) is 0 Å². The molecule has 206 valence electrons. The van der Waals surface area contributed by atoms with E-state index in [4.69, 9.17) is 9.73 Å². The number of carbonyl (C=O) groups excluding carboxylic acids is 1. The van der Waals surface area contributed by atoms with E-state index in [0.717, 1.165) is 41.0 Å².